The first kappa shape index (κ1) is 17.6. The van der Waals surface area contributed by atoms with Crippen molar-refractivity contribution in [2.45, 2.75) is 13.8 Å². The van der Waals surface area contributed by atoms with E-state index in [1.165, 1.54) is 0 Å². The fourth-order valence-corrected chi connectivity index (χ4v) is 2.90. The number of nitrogens with one attached hydrogen (secondary N) is 1. The lowest BCUT2D eigenvalue weighted by molar-refractivity contribution is 0.473. The molecule has 3 rings (SSSR count). The number of rotatable bonds is 4. The van der Waals surface area contributed by atoms with Gasteiger partial charge < -0.3 is 15.8 Å². The normalized spacial score (nSPS) is 10.2. The molecular formula is C20H17ClN4O. The quantitative estimate of drug-likeness (QED) is 0.652. The summed E-state index contributed by atoms with van der Waals surface area (Å²) in [6, 6.07) is 14.6. The number of hydrogen-bond donors (Lipinski definition) is 2. The number of hydrogen-bond acceptors (Lipinski definition) is 5. The largest absolute Gasteiger partial charge is 0.455 e. The third-order valence-electron chi connectivity index (χ3n) is 3.83. The van der Waals surface area contributed by atoms with Gasteiger partial charge in [0, 0.05) is 16.8 Å². The summed E-state index contributed by atoms with van der Waals surface area (Å²) in [5, 5.41) is 12.7. The Kier molecular flexibility index (Phi) is 4.97. The van der Waals surface area contributed by atoms with Crippen molar-refractivity contribution in [1.82, 2.24) is 4.98 Å². The topological polar surface area (TPSA) is 84.0 Å². The molecule has 0 aliphatic carbocycles. The van der Waals surface area contributed by atoms with Gasteiger partial charge in [-0.2, -0.15) is 5.26 Å². The van der Waals surface area contributed by atoms with Crippen LogP contribution in [-0.4, -0.2) is 4.98 Å². The molecular weight excluding hydrogens is 348 g/mol. The van der Waals surface area contributed by atoms with Crippen molar-refractivity contribution in [1.29, 1.82) is 5.26 Å². The van der Waals surface area contributed by atoms with Crippen molar-refractivity contribution >= 4 is 28.8 Å². The number of benzene rings is 2. The van der Waals surface area contributed by atoms with Crippen LogP contribution in [0.5, 0.6) is 11.5 Å². The molecule has 5 nitrogen and oxygen atoms in total. The molecule has 0 aliphatic rings. The van der Waals surface area contributed by atoms with Crippen molar-refractivity contribution in [3.63, 3.8) is 0 Å². The molecule has 2 aromatic carbocycles. The Hall–Kier alpha value is -3.23. The van der Waals surface area contributed by atoms with Gasteiger partial charge in [-0.3, -0.25) is 0 Å². The van der Waals surface area contributed by atoms with Gasteiger partial charge in [-0.1, -0.05) is 11.6 Å². The van der Waals surface area contributed by atoms with Gasteiger partial charge >= 0.3 is 0 Å². The smallest absolute Gasteiger partial charge is 0.147 e. The zero-order valence-electron chi connectivity index (χ0n) is 14.4. The zero-order valence-corrected chi connectivity index (χ0v) is 15.1. The number of pyridine rings is 1. The minimum Gasteiger partial charge on any atom is -0.455 e. The van der Waals surface area contributed by atoms with Crippen LogP contribution in [0.1, 0.15) is 16.7 Å². The Balaban J connectivity index is 1.87. The Morgan fingerprint density at radius 2 is 1.77 bits per heavy atom. The van der Waals surface area contributed by atoms with E-state index in [4.69, 9.17) is 27.3 Å². The van der Waals surface area contributed by atoms with E-state index in [9.17, 15) is 0 Å². The molecule has 0 saturated heterocycles. The van der Waals surface area contributed by atoms with Crippen LogP contribution < -0.4 is 15.8 Å². The maximum Gasteiger partial charge on any atom is 0.147 e. The first-order chi connectivity index (χ1) is 12.5. The maximum absolute atomic E-state index is 8.88. The Labute approximate surface area is 157 Å². The Morgan fingerprint density at radius 3 is 2.38 bits per heavy atom. The Bertz CT molecular complexity index is 971. The third kappa shape index (κ3) is 3.88. The van der Waals surface area contributed by atoms with Gasteiger partial charge in [-0.15, -0.1) is 0 Å². The number of ether oxygens (including phenoxy) is 1. The van der Waals surface area contributed by atoms with E-state index in [-0.39, 0.29) is 0 Å². The maximum atomic E-state index is 8.88. The molecule has 0 amide bonds. The summed E-state index contributed by atoms with van der Waals surface area (Å²) in [6.45, 7) is 3.88. The van der Waals surface area contributed by atoms with Crippen LogP contribution >= 0.6 is 11.6 Å². The summed E-state index contributed by atoms with van der Waals surface area (Å²) < 4.78 is 6.01. The molecule has 3 N–H and O–H groups in total. The molecule has 0 bridgehead atoms. The molecule has 1 heterocycles. The molecule has 0 saturated carbocycles. The van der Waals surface area contributed by atoms with Gasteiger partial charge in [0.05, 0.1) is 23.5 Å². The highest BCUT2D eigenvalue weighted by Gasteiger charge is 2.10. The van der Waals surface area contributed by atoms with Crippen molar-refractivity contribution in [3.8, 4) is 17.6 Å². The minimum atomic E-state index is 0.353. The average Bonchev–Trinajstić information content (AvgIpc) is 2.61. The Morgan fingerprint density at radius 1 is 1.12 bits per heavy atom. The molecule has 0 atom stereocenters. The number of nitrogens with zero attached hydrogens (tertiary/aromatic N) is 2. The van der Waals surface area contributed by atoms with E-state index in [0.717, 1.165) is 22.6 Å². The average molecular weight is 365 g/mol. The molecule has 6 heteroatoms. The van der Waals surface area contributed by atoms with E-state index < -0.39 is 0 Å². The summed E-state index contributed by atoms with van der Waals surface area (Å²) in [5.41, 5.74) is 9.86. The summed E-state index contributed by atoms with van der Waals surface area (Å²) in [5.74, 6) is 1.65. The number of aromatic nitrogens is 1. The van der Waals surface area contributed by atoms with Crippen molar-refractivity contribution in [3.05, 3.63) is 70.4 Å². The van der Waals surface area contributed by atoms with Gasteiger partial charge in [-0.05, 0) is 61.4 Å². The van der Waals surface area contributed by atoms with E-state index >= 15 is 0 Å². The van der Waals surface area contributed by atoms with E-state index in [0.29, 0.717) is 27.8 Å². The van der Waals surface area contributed by atoms with Crippen molar-refractivity contribution < 1.29 is 4.74 Å². The number of anilines is 3. The van der Waals surface area contributed by atoms with Gasteiger partial charge in [0.1, 0.15) is 17.3 Å². The lowest BCUT2D eigenvalue weighted by atomic mass is 10.1. The van der Waals surface area contributed by atoms with Gasteiger partial charge in [0.2, 0.25) is 0 Å². The summed E-state index contributed by atoms with van der Waals surface area (Å²) in [7, 11) is 0. The van der Waals surface area contributed by atoms with E-state index in [2.05, 4.69) is 16.4 Å². The second-order valence-electron chi connectivity index (χ2n) is 5.89. The van der Waals surface area contributed by atoms with Crippen LogP contribution in [-0.2, 0) is 0 Å². The SMILES string of the molecule is Cc1cc(Cl)cc(C)c1Oc1cnc(N)c(Nc2ccc(C#N)cc2)c1. The number of nitrogens with two attached hydrogens (primary N) is 1. The molecule has 1 aromatic heterocycles. The third-order valence-corrected chi connectivity index (χ3v) is 4.05. The summed E-state index contributed by atoms with van der Waals surface area (Å²) in [4.78, 5) is 4.19. The van der Waals surface area contributed by atoms with E-state index in [1.54, 1.807) is 36.5 Å². The first-order valence-electron chi connectivity index (χ1n) is 7.93. The van der Waals surface area contributed by atoms with Gasteiger partial charge in [-0.25, -0.2) is 4.98 Å². The van der Waals surface area contributed by atoms with Crippen molar-refractivity contribution in [2.24, 2.45) is 0 Å². The van der Waals surface area contributed by atoms with Crippen molar-refractivity contribution in [2.75, 3.05) is 11.1 Å². The van der Waals surface area contributed by atoms with Crippen LogP contribution in [0.25, 0.3) is 0 Å². The van der Waals surface area contributed by atoms with Crippen LogP contribution in [0.2, 0.25) is 5.02 Å². The lowest BCUT2D eigenvalue weighted by Gasteiger charge is -2.14. The monoisotopic (exact) mass is 364 g/mol. The fourth-order valence-electron chi connectivity index (χ4n) is 2.57. The number of halogens is 1. The molecule has 130 valence electrons. The number of nitriles is 1. The highest BCUT2D eigenvalue weighted by molar-refractivity contribution is 6.30. The molecule has 0 unspecified atom stereocenters. The zero-order chi connectivity index (χ0) is 18.7. The minimum absolute atomic E-state index is 0.353. The fraction of sp³-hybridized carbons (Fsp3) is 0.100. The first-order valence-corrected chi connectivity index (χ1v) is 8.31. The van der Waals surface area contributed by atoms with Crippen LogP contribution in [0.4, 0.5) is 17.2 Å². The van der Waals surface area contributed by atoms with Crippen LogP contribution in [0, 0.1) is 25.2 Å². The number of aryl methyl sites for hydroxylation is 2. The summed E-state index contributed by atoms with van der Waals surface area (Å²) in [6.07, 6.45) is 1.58. The highest BCUT2D eigenvalue weighted by Crippen LogP contribution is 2.33. The predicted octanol–water partition coefficient (Wildman–Crippen LogP) is 5.34. The highest BCUT2D eigenvalue weighted by atomic mass is 35.5. The summed E-state index contributed by atoms with van der Waals surface area (Å²) >= 11 is 6.07. The number of nitrogen functional groups attached to an aromatic ring is 1. The second-order valence-corrected chi connectivity index (χ2v) is 6.33. The molecule has 26 heavy (non-hydrogen) atoms. The molecule has 3 aromatic rings. The molecule has 0 fully saturated rings. The van der Waals surface area contributed by atoms with Gasteiger partial charge in [0.25, 0.3) is 0 Å². The second kappa shape index (κ2) is 7.34. The molecule has 0 radical (unpaired) electrons. The van der Waals surface area contributed by atoms with Crippen LogP contribution in [0.3, 0.4) is 0 Å². The predicted molar refractivity (Wildman–Crippen MR) is 104 cm³/mol. The van der Waals surface area contributed by atoms with Crippen LogP contribution in [0.15, 0.2) is 48.7 Å². The standard InChI is InChI=1S/C20H17ClN4O/c1-12-7-15(21)8-13(2)19(12)26-17-9-18(20(23)24-11-17)25-16-5-3-14(10-22)4-6-16/h3-9,11,25H,1-2H3,(H2,23,24). The lowest BCUT2D eigenvalue weighted by Crippen LogP contribution is -2.00. The molecule has 0 spiro atoms. The van der Waals surface area contributed by atoms with Gasteiger partial charge in [0.15, 0.2) is 0 Å². The van der Waals surface area contributed by atoms with E-state index in [1.807, 2.05) is 26.0 Å². The molecule has 0 aliphatic heterocycles.